The first kappa shape index (κ1) is 23.0. The van der Waals surface area contributed by atoms with Crippen LogP contribution >= 0.6 is 16.1 Å². The molecule has 0 heterocycles. The third-order valence-corrected chi connectivity index (χ3v) is 10.1. The molecule has 4 aromatic carbocycles. The largest absolute Gasteiger partial charge is 0.572 e. The highest BCUT2D eigenvalue weighted by Gasteiger charge is 2.21. The van der Waals surface area contributed by atoms with Crippen molar-refractivity contribution in [2.75, 3.05) is 13.1 Å². The van der Waals surface area contributed by atoms with Crippen molar-refractivity contribution in [2.45, 2.75) is 0 Å². The van der Waals surface area contributed by atoms with E-state index in [0.29, 0.717) is 0 Å². The molecule has 2 N–H and O–H groups in total. The van der Waals surface area contributed by atoms with Gasteiger partial charge in [-0.3, -0.25) is 0 Å². The first-order chi connectivity index (χ1) is 15.7. The van der Waals surface area contributed by atoms with Crippen LogP contribution in [0.4, 0.5) is 0 Å². The molecule has 32 heavy (non-hydrogen) atoms. The lowest BCUT2D eigenvalue weighted by atomic mass is 10.3. The van der Waals surface area contributed by atoms with Crippen LogP contribution < -0.4 is 30.4 Å². The molecule has 4 rings (SSSR count). The number of rotatable bonds is 9. The average Bonchev–Trinajstić information content (AvgIpc) is 2.86. The number of hydrogen-bond donors (Lipinski definition) is 2. The molecule has 0 saturated heterocycles. The standard InChI is InChI=1S/C26H26B2N2P2/c27-29(31(23-13-5-1-6-14-23)24-15-7-2-8-16-24)21-22-30(28)32(25-17-9-3-10-18-25)26-19-11-4-12-20-26/h1-20,29-30H,21-22H2. The molecule has 6 heteroatoms. The van der Waals surface area contributed by atoms with Crippen LogP contribution in [0, 0.1) is 0 Å². The Morgan fingerprint density at radius 2 is 0.625 bits per heavy atom. The van der Waals surface area contributed by atoms with E-state index in [2.05, 4.69) is 121 Å². The van der Waals surface area contributed by atoms with Gasteiger partial charge in [-0.1, -0.05) is 72.8 Å². The highest BCUT2D eigenvalue weighted by Crippen LogP contribution is 2.24. The molecule has 0 fully saturated rings. The molecule has 0 bridgehead atoms. The van der Waals surface area contributed by atoms with Gasteiger partial charge in [-0.2, -0.15) is 0 Å². The molecule has 2 unspecified atom stereocenters. The van der Waals surface area contributed by atoms with Gasteiger partial charge in [0.25, 0.3) is 0 Å². The van der Waals surface area contributed by atoms with Crippen molar-refractivity contribution in [3.63, 3.8) is 0 Å². The van der Waals surface area contributed by atoms with Crippen molar-refractivity contribution in [1.29, 1.82) is 0 Å². The Hall–Kier alpha value is -2.21. The molecule has 0 aliphatic rings. The molecule has 0 spiro atoms. The predicted octanol–water partition coefficient (Wildman–Crippen LogP) is 1.02. The summed E-state index contributed by atoms with van der Waals surface area (Å²) in [5.41, 5.74) is 0. The van der Waals surface area contributed by atoms with Gasteiger partial charge in [0.1, 0.15) is 16.1 Å². The third kappa shape index (κ3) is 5.77. The van der Waals surface area contributed by atoms with Crippen LogP contribution in [0.5, 0.6) is 0 Å². The minimum atomic E-state index is -0.738. The quantitative estimate of drug-likeness (QED) is 0.279. The van der Waals surface area contributed by atoms with Gasteiger partial charge in [0.2, 0.25) is 0 Å². The van der Waals surface area contributed by atoms with E-state index >= 15 is 0 Å². The molecule has 6 radical (unpaired) electrons. The van der Waals surface area contributed by atoms with Crippen LogP contribution in [0.2, 0.25) is 0 Å². The van der Waals surface area contributed by atoms with Crippen molar-refractivity contribution in [1.82, 2.24) is 0 Å². The van der Waals surface area contributed by atoms with Crippen molar-refractivity contribution < 1.29 is 9.16 Å². The van der Waals surface area contributed by atoms with E-state index in [9.17, 15) is 0 Å². The number of nitrogens with one attached hydrogen (secondary N) is 2. The minimum absolute atomic E-state index is 0.738. The first-order valence-electron chi connectivity index (χ1n) is 10.8. The highest BCUT2D eigenvalue weighted by atomic mass is 31.1. The molecule has 2 nitrogen and oxygen atoms in total. The van der Waals surface area contributed by atoms with Gasteiger partial charge in [-0.15, -0.1) is 0 Å². The molecule has 0 amide bonds. The van der Waals surface area contributed by atoms with Crippen LogP contribution in [0.25, 0.3) is 0 Å². The van der Waals surface area contributed by atoms with Crippen molar-refractivity contribution >= 4 is 53.3 Å². The van der Waals surface area contributed by atoms with E-state index in [1.165, 1.54) is 21.2 Å². The molecule has 0 aromatic heterocycles. The fraction of sp³-hybridized carbons (Fsp3) is 0.0769. The number of quaternary nitrogens is 2. The van der Waals surface area contributed by atoms with Gasteiger partial charge in [0.15, 0.2) is 0 Å². The maximum atomic E-state index is 6.79. The van der Waals surface area contributed by atoms with Gasteiger partial charge in [0.05, 0.1) is 13.1 Å². The zero-order valence-electron chi connectivity index (χ0n) is 18.0. The summed E-state index contributed by atoms with van der Waals surface area (Å²) in [5, 5.41) is 5.10. The van der Waals surface area contributed by atoms with Crippen molar-refractivity contribution in [2.24, 2.45) is 0 Å². The summed E-state index contributed by atoms with van der Waals surface area (Å²) in [4.78, 5) is 0. The maximum absolute atomic E-state index is 6.79. The lowest BCUT2D eigenvalue weighted by Crippen LogP contribution is -3.15. The van der Waals surface area contributed by atoms with Gasteiger partial charge >= 0.3 is 0 Å². The molecule has 156 valence electrons. The second-order valence-corrected chi connectivity index (χ2v) is 12.1. The van der Waals surface area contributed by atoms with E-state index in [0.717, 1.165) is 22.3 Å². The molecular weight excluding hydrogens is 424 g/mol. The maximum Gasteiger partial charge on any atom is 0.115 e. The molecule has 0 saturated carbocycles. The van der Waals surface area contributed by atoms with Crippen LogP contribution in [0.15, 0.2) is 121 Å². The second kappa shape index (κ2) is 11.6. The smallest absolute Gasteiger partial charge is 0.115 e. The number of benzene rings is 4. The Morgan fingerprint density at radius 1 is 0.406 bits per heavy atom. The van der Waals surface area contributed by atoms with Gasteiger partial charge < -0.3 is 9.16 Å². The van der Waals surface area contributed by atoms with Crippen molar-refractivity contribution in [3.05, 3.63) is 121 Å². The number of hydrogen-bond acceptors (Lipinski definition) is 0. The Bertz CT molecular complexity index is 902. The summed E-state index contributed by atoms with van der Waals surface area (Å²) in [7, 11) is 12.1. The minimum Gasteiger partial charge on any atom is -0.572 e. The van der Waals surface area contributed by atoms with Crippen LogP contribution in [0.3, 0.4) is 0 Å². The summed E-state index contributed by atoms with van der Waals surface area (Å²) in [5.74, 6) is 0. The molecule has 2 atom stereocenters. The zero-order valence-corrected chi connectivity index (χ0v) is 19.8. The second-order valence-electron chi connectivity index (χ2n) is 7.50. The van der Waals surface area contributed by atoms with E-state index in [4.69, 9.17) is 16.0 Å². The summed E-state index contributed by atoms with van der Waals surface area (Å²) in [6.45, 7) is 1.56. The fourth-order valence-electron chi connectivity index (χ4n) is 3.75. The topological polar surface area (TPSA) is 8.88 Å². The van der Waals surface area contributed by atoms with Gasteiger partial charge in [-0.25, -0.2) is 16.0 Å². The Kier molecular flexibility index (Phi) is 8.32. The first-order valence-corrected chi connectivity index (χ1v) is 13.5. The SMILES string of the molecule is [B-][NH+](CC[NH+]([B-])P(c1ccccc1)c1ccccc1)P(c1ccccc1)c1ccccc1. The van der Waals surface area contributed by atoms with E-state index in [1.54, 1.807) is 0 Å². The highest BCUT2D eigenvalue weighted by molar-refractivity contribution is 7.68. The van der Waals surface area contributed by atoms with Crippen LogP contribution in [-0.4, -0.2) is 29.1 Å². The lowest BCUT2D eigenvalue weighted by molar-refractivity contribution is -0.701. The Balaban J connectivity index is 1.55. The molecular formula is C26H26B2N2P2. The Labute approximate surface area is 196 Å². The van der Waals surface area contributed by atoms with Crippen LogP contribution in [-0.2, 0) is 0 Å². The summed E-state index contributed by atoms with van der Waals surface area (Å²) >= 11 is 0. The average molecular weight is 450 g/mol. The zero-order chi connectivity index (χ0) is 22.2. The molecule has 4 aromatic rings. The van der Waals surface area contributed by atoms with Gasteiger partial charge in [-0.05, 0) is 48.5 Å². The van der Waals surface area contributed by atoms with E-state index in [1.807, 2.05) is 0 Å². The molecule has 0 aliphatic heterocycles. The van der Waals surface area contributed by atoms with Crippen LogP contribution in [0.1, 0.15) is 0 Å². The fourth-order valence-corrected chi connectivity index (χ4v) is 8.22. The monoisotopic (exact) mass is 450 g/mol. The van der Waals surface area contributed by atoms with E-state index < -0.39 is 16.1 Å². The summed E-state index contributed by atoms with van der Waals surface area (Å²) < 4.78 is 2.02. The summed E-state index contributed by atoms with van der Waals surface area (Å²) in [6, 6.07) is 42.4. The third-order valence-electron chi connectivity index (χ3n) is 5.27. The Morgan fingerprint density at radius 3 is 0.844 bits per heavy atom. The van der Waals surface area contributed by atoms with Crippen molar-refractivity contribution in [3.8, 4) is 0 Å². The lowest BCUT2D eigenvalue weighted by Gasteiger charge is -2.41. The molecule has 0 aliphatic carbocycles. The van der Waals surface area contributed by atoms with E-state index in [-0.39, 0.29) is 0 Å². The normalized spacial score (nSPS) is 13.2. The van der Waals surface area contributed by atoms with Gasteiger partial charge in [0, 0.05) is 21.2 Å². The predicted molar refractivity (Wildman–Crippen MR) is 141 cm³/mol. The summed E-state index contributed by atoms with van der Waals surface area (Å²) in [6.07, 6.45) is 0.